The summed E-state index contributed by atoms with van der Waals surface area (Å²) in [7, 11) is 0. The molecule has 0 aromatic carbocycles. The molecule has 1 N–H and O–H groups in total. The Balaban J connectivity index is 2.06. The number of carbonyl (C=O) groups is 1. The van der Waals surface area contributed by atoms with Crippen molar-refractivity contribution in [3.05, 3.63) is 16.1 Å². The minimum atomic E-state index is 0.00325. The van der Waals surface area contributed by atoms with E-state index in [9.17, 15) is 4.79 Å². The van der Waals surface area contributed by atoms with Crippen LogP contribution in [0.5, 0.6) is 0 Å². The van der Waals surface area contributed by atoms with Crippen LogP contribution >= 0.6 is 11.3 Å². The minimum Gasteiger partial charge on any atom is -0.332 e. The van der Waals surface area contributed by atoms with Gasteiger partial charge in [0.15, 0.2) is 0 Å². The van der Waals surface area contributed by atoms with Gasteiger partial charge in [-0.15, -0.1) is 11.3 Å². The van der Waals surface area contributed by atoms with Gasteiger partial charge >= 0.3 is 0 Å². The summed E-state index contributed by atoms with van der Waals surface area (Å²) in [5.74, 6) is 0.215. The van der Waals surface area contributed by atoms with Crippen molar-refractivity contribution in [3.8, 4) is 0 Å². The number of rotatable bonds is 4. The van der Waals surface area contributed by atoms with Crippen molar-refractivity contribution in [2.45, 2.75) is 39.3 Å². The van der Waals surface area contributed by atoms with E-state index in [-0.39, 0.29) is 18.0 Å². The summed E-state index contributed by atoms with van der Waals surface area (Å²) in [6.07, 6.45) is 2.78. The maximum atomic E-state index is 12.2. The van der Waals surface area contributed by atoms with Crippen LogP contribution in [-0.4, -0.2) is 34.9 Å². The number of aryl methyl sites for hydroxylation is 1. The zero-order valence-corrected chi connectivity index (χ0v) is 11.4. The van der Waals surface area contributed by atoms with Crippen molar-refractivity contribution < 1.29 is 4.79 Å². The lowest BCUT2D eigenvalue weighted by Crippen LogP contribution is -2.39. The number of likely N-dealkylation sites (tertiary alicyclic amines) is 1. The van der Waals surface area contributed by atoms with E-state index in [1.807, 2.05) is 24.9 Å². The third-order valence-corrected chi connectivity index (χ3v) is 4.24. The Morgan fingerprint density at radius 3 is 3.06 bits per heavy atom. The maximum Gasteiger partial charge on any atom is 0.240 e. The summed E-state index contributed by atoms with van der Waals surface area (Å²) in [5.41, 5.74) is 0. The number of thiazole rings is 1. The molecule has 2 unspecified atom stereocenters. The van der Waals surface area contributed by atoms with Crippen LogP contribution in [0.4, 0.5) is 0 Å². The van der Waals surface area contributed by atoms with E-state index in [0.29, 0.717) is 0 Å². The second-order valence-electron chi connectivity index (χ2n) is 4.42. The number of amides is 1. The lowest BCUT2D eigenvalue weighted by molar-refractivity contribution is -0.131. The van der Waals surface area contributed by atoms with Crippen LogP contribution in [0.1, 0.15) is 36.2 Å². The largest absolute Gasteiger partial charge is 0.332 e. The molecule has 1 fully saturated rings. The highest BCUT2D eigenvalue weighted by atomic mass is 32.1. The molecule has 2 heterocycles. The predicted octanol–water partition coefficient (Wildman–Crippen LogP) is 1.72. The lowest BCUT2D eigenvalue weighted by Gasteiger charge is -2.23. The third-order valence-electron chi connectivity index (χ3n) is 3.15. The van der Waals surface area contributed by atoms with E-state index in [1.165, 1.54) is 4.88 Å². The van der Waals surface area contributed by atoms with Gasteiger partial charge in [0.1, 0.15) is 5.01 Å². The van der Waals surface area contributed by atoms with Gasteiger partial charge in [-0.1, -0.05) is 6.92 Å². The first-order chi connectivity index (χ1) is 8.13. The molecule has 0 saturated carbocycles. The molecule has 17 heavy (non-hydrogen) atoms. The summed E-state index contributed by atoms with van der Waals surface area (Å²) in [4.78, 5) is 19.7. The Morgan fingerprint density at radius 2 is 2.47 bits per heavy atom. The molecule has 0 bridgehead atoms. The van der Waals surface area contributed by atoms with Crippen LogP contribution in [0.2, 0.25) is 0 Å². The van der Waals surface area contributed by atoms with E-state index in [1.54, 1.807) is 11.3 Å². The van der Waals surface area contributed by atoms with E-state index in [0.717, 1.165) is 24.5 Å². The first-order valence-electron chi connectivity index (χ1n) is 6.09. The topological polar surface area (TPSA) is 45.2 Å². The highest BCUT2D eigenvalue weighted by molar-refractivity contribution is 7.11. The van der Waals surface area contributed by atoms with E-state index in [4.69, 9.17) is 0 Å². The third kappa shape index (κ3) is 2.50. The van der Waals surface area contributed by atoms with Crippen molar-refractivity contribution in [2.24, 2.45) is 0 Å². The van der Waals surface area contributed by atoms with Crippen molar-refractivity contribution in [3.63, 3.8) is 0 Å². The predicted molar refractivity (Wildman–Crippen MR) is 69.1 cm³/mol. The maximum absolute atomic E-state index is 12.2. The van der Waals surface area contributed by atoms with E-state index < -0.39 is 0 Å². The molecule has 5 heteroatoms. The number of hydrogen-bond acceptors (Lipinski definition) is 4. The van der Waals surface area contributed by atoms with Gasteiger partial charge in [-0.3, -0.25) is 4.79 Å². The molecule has 1 amide bonds. The van der Waals surface area contributed by atoms with Gasteiger partial charge in [0.25, 0.3) is 0 Å². The molecule has 1 saturated heterocycles. The highest BCUT2D eigenvalue weighted by Crippen LogP contribution is 2.28. The minimum absolute atomic E-state index is 0.00325. The van der Waals surface area contributed by atoms with Crippen LogP contribution < -0.4 is 5.32 Å². The summed E-state index contributed by atoms with van der Waals surface area (Å²) < 4.78 is 0. The molecular weight excluding hydrogens is 234 g/mol. The summed E-state index contributed by atoms with van der Waals surface area (Å²) in [6, 6.07) is 0.105. The zero-order valence-electron chi connectivity index (χ0n) is 10.6. The smallest absolute Gasteiger partial charge is 0.240 e. The summed E-state index contributed by atoms with van der Waals surface area (Å²) in [5, 5.41) is 4.26. The summed E-state index contributed by atoms with van der Waals surface area (Å²) >= 11 is 1.67. The fraction of sp³-hybridized carbons (Fsp3) is 0.667. The van der Waals surface area contributed by atoms with Crippen LogP contribution in [-0.2, 0) is 4.79 Å². The fourth-order valence-corrected chi connectivity index (χ4v) is 3.06. The molecule has 1 aliphatic heterocycles. The van der Waals surface area contributed by atoms with Gasteiger partial charge in [-0.2, -0.15) is 0 Å². The highest BCUT2D eigenvalue weighted by Gasteiger charge is 2.34. The van der Waals surface area contributed by atoms with Crippen molar-refractivity contribution >= 4 is 17.2 Å². The van der Waals surface area contributed by atoms with E-state index in [2.05, 4.69) is 17.2 Å². The van der Waals surface area contributed by atoms with Crippen LogP contribution in [0.3, 0.4) is 0 Å². The number of aromatic nitrogens is 1. The molecule has 2 atom stereocenters. The number of likely N-dealkylation sites (N-methyl/N-ethyl adjacent to an activating group) is 1. The van der Waals surface area contributed by atoms with E-state index >= 15 is 0 Å². The fourth-order valence-electron chi connectivity index (χ4n) is 2.22. The Labute approximate surface area is 106 Å². The molecule has 94 valence electrons. The molecule has 1 aliphatic rings. The number of hydrogen-bond donors (Lipinski definition) is 1. The van der Waals surface area contributed by atoms with Crippen molar-refractivity contribution in [1.29, 1.82) is 0 Å². The molecule has 1 aromatic heterocycles. The van der Waals surface area contributed by atoms with Crippen LogP contribution in [0, 0.1) is 6.92 Å². The zero-order chi connectivity index (χ0) is 12.4. The molecule has 4 nitrogen and oxygen atoms in total. The standard InChI is InChI=1S/C12H19N3OS/c1-4-13-10-5-6-15(12(10)16)9(3)11-14-7-8(2)17-11/h7,9-10,13H,4-6H2,1-3H3. The van der Waals surface area contributed by atoms with Crippen molar-refractivity contribution in [1.82, 2.24) is 15.2 Å². The molecule has 0 spiro atoms. The number of nitrogens with zero attached hydrogens (tertiary/aromatic N) is 2. The van der Waals surface area contributed by atoms with Gasteiger partial charge in [-0.05, 0) is 26.8 Å². The quantitative estimate of drug-likeness (QED) is 0.888. The summed E-state index contributed by atoms with van der Waals surface area (Å²) in [6.45, 7) is 7.81. The Kier molecular flexibility index (Phi) is 3.79. The lowest BCUT2D eigenvalue weighted by atomic mass is 10.2. The van der Waals surface area contributed by atoms with Crippen LogP contribution in [0.15, 0.2) is 6.20 Å². The van der Waals surface area contributed by atoms with Crippen molar-refractivity contribution in [2.75, 3.05) is 13.1 Å². The normalized spacial score (nSPS) is 22.2. The average Bonchev–Trinajstić information content (AvgIpc) is 2.87. The SMILES string of the molecule is CCNC1CCN(C(C)c2ncc(C)s2)C1=O. The van der Waals surface area contributed by atoms with Crippen LogP contribution in [0.25, 0.3) is 0 Å². The molecule has 0 aliphatic carbocycles. The Bertz CT molecular complexity index is 404. The Hall–Kier alpha value is -0.940. The van der Waals surface area contributed by atoms with Gasteiger partial charge < -0.3 is 10.2 Å². The second kappa shape index (κ2) is 5.14. The first-order valence-corrected chi connectivity index (χ1v) is 6.91. The molecular formula is C12H19N3OS. The Morgan fingerprint density at radius 1 is 1.71 bits per heavy atom. The number of carbonyl (C=O) groups excluding carboxylic acids is 1. The molecule has 1 aromatic rings. The van der Waals surface area contributed by atoms with Gasteiger partial charge in [0.05, 0.1) is 12.1 Å². The van der Waals surface area contributed by atoms with Gasteiger partial charge in [-0.25, -0.2) is 4.98 Å². The van der Waals surface area contributed by atoms with Gasteiger partial charge in [0.2, 0.25) is 5.91 Å². The monoisotopic (exact) mass is 253 g/mol. The van der Waals surface area contributed by atoms with Gasteiger partial charge in [0, 0.05) is 17.6 Å². The molecule has 0 radical (unpaired) electrons. The number of nitrogens with one attached hydrogen (secondary N) is 1. The molecule has 2 rings (SSSR count). The second-order valence-corrected chi connectivity index (χ2v) is 5.68. The average molecular weight is 253 g/mol. The first kappa shape index (κ1) is 12.5.